The van der Waals surface area contributed by atoms with Gasteiger partial charge < -0.3 is 0 Å². The van der Waals surface area contributed by atoms with E-state index in [4.69, 9.17) is 0 Å². The van der Waals surface area contributed by atoms with E-state index in [1.54, 1.807) is 6.07 Å². The molecule has 0 spiro atoms. The van der Waals surface area contributed by atoms with Crippen molar-refractivity contribution in [2.75, 3.05) is 5.33 Å². The maximum atomic E-state index is 13.6. The van der Waals surface area contributed by atoms with Gasteiger partial charge in [0, 0.05) is 5.33 Å². The van der Waals surface area contributed by atoms with Crippen LogP contribution in [0.2, 0.25) is 0 Å². The third-order valence-electron chi connectivity index (χ3n) is 3.37. The summed E-state index contributed by atoms with van der Waals surface area (Å²) < 4.78 is 14.1. The largest absolute Gasteiger partial charge is 0.206 e. The fraction of sp³-hybridized carbons (Fsp3) is 0.294. The Bertz CT molecular complexity index is 581. The van der Waals surface area contributed by atoms with E-state index >= 15 is 0 Å². The monoisotopic (exact) mass is 398 g/mol. The normalized spacial score (nSPS) is 12.4. The molecule has 2 rings (SSSR count). The lowest BCUT2D eigenvalue weighted by atomic mass is 9.93. The summed E-state index contributed by atoms with van der Waals surface area (Å²) in [6.07, 6.45) is 1.85. The molecule has 1 unspecified atom stereocenters. The topological polar surface area (TPSA) is 0 Å². The van der Waals surface area contributed by atoms with Crippen LogP contribution in [0.5, 0.6) is 0 Å². The van der Waals surface area contributed by atoms with Gasteiger partial charge in [0.05, 0.1) is 4.47 Å². The molecule has 2 aromatic rings. The molecule has 0 nitrogen and oxygen atoms in total. The van der Waals surface area contributed by atoms with Gasteiger partial charge in [-0.05, 0) is 58.8 Å². The number of alkyl halides is 1. The Morgan fingerprint density at radius 3 is 2.55 bits per heavy atom. The highest BCUT2D eigenvalue weighted by Gasteiger charge is 2.13. The second-order valence-corrected chi connectivity index (χ2v) is 6.57. The van der Waals surface area contributed by atoms with Gasteiger partial charge >= 0.3 is 0 Å². The van der Waals surface area contributed by atoms with E-state index in [2.05, 4.69) is 63.0 Å². The van der Waals surface area contributed by atoms with Gasteiger partial charge in [-0.2, -0.15) is 0 Å². The molecule has 0 aliphatic rings. The molecule has 1 atom stereocenters. The van der Waals surface area contributed by atoms with E-state index in [0.29, 0.717) is 10.4 Å². The molecular weight excluding hydrogens is 383 g/mol. The molecule has 0 saturated carbocycles. The number of hydrogen-bond donors (Lipinski definition) is 0. The number of aryl methyl sites for hydroxylation is 1. The van der Waals surface area contributed by atoms with E-state index < -0.39 is 0 Å². The van der Waals surface area contributed by atoms with Crippen LogP contribution in [0.1, 0.15) is 16.7 Å². The van der Waals surface area contributed by atoms with Crippen LogP contribution in [0.25, 0.3) is 0 Å². The van der Waals surface area contributed by atoms with Crippen LogP contribution in [-0.4, -0.2) is 5.33 Å². The maximum Gasteiger partial charge on any atom is 0.137 e. The van der Waals surface area contributed by atoms with Crippen LogP contribution < -0.4 is 0 Å². The highest BCUT2D eigenvalue weighted by Crippen LogP contribution is 2.25. The number of hydrogen-bond acceptors (Lipinski definition) is 0. The molecule has 0 N–H and O–H groups in total. The second kappa shape index (κ2) is 7.37. The van der Waals surface area contributed by atoms with Crippen molar-refractivity contribution in [3.63, 3.8) is 0 Å². The Kier molecular flexibility index (Phi) is 5.79. The summed E-state index contributed by atoms with van der Waals surface area (Å²) in [7, 11) is 0. The van der Waals surface area contributed by atoms with Crippen molar-refractivity contribution >= 4 is 31.9 Å². The Hall–Kier alpha value is -0.670. The average molecular weight is 400 g/mol. The predicted octanol–water partition coefficient (Wildman–Crippen LogP) is 5.69. The summed E-state index contributed by atoms with van der Waals surface area (Å²) >= 11 is 6.93. The summed E-state index contributed by atoms with van der Waals surface area (Å²) in [4.78, 5) is 0. The molecule has 0 aromatic heterocycles. The van der Waals surface area contributed by atoms with Gasteiger partial charge in [-0.1, -0.05) is 57.9 Å². The molecule has 0 bridgehead atoms. The van der Waals surface area contributed by atoms with Crippen LogP contribution in [0.15, 0.2) is 46.9 Å². The van der Waals surface area contributed by atoms with Crippen molar-refractivity contribution < 1.29 is 4.39 Å². The minimum atomic E-state index is -0.189. The quantitative estimate of drug-likeness (QED) is 0.566. The van der Waals surface area contributed by atoms with Crippen LogP contribution in [0.3, 0.4) is 0 Å². The zero-order valence-electron chi connectivity index (χ0n) is 11.4. The highest BCUT2D eigenvalue weighted by molar-refractivity contribution is 9.10. The summed E-state index contributed by atoms with van der Waals surface area (Å²) in [5, 5.41) is 0.907. The van der Waals surface area contributed by atoms with Crippen molar-refractivity contribution in [2.45, 2.75) is 19.8 Å². The van der Waals surface area contributed by atoms with E-state index in [9.17, 15) is 4.39 Å². The average Bonchev–Trinajstić information content (AvgIpc) is 2.43. The number of benzene rings is 2. The predicted molar refractivity (Wildman–Crippen MR) is 90.0 cm³/mol. The van der Waals surface area contributed by atoms with Gasteiger partial charge in [-0.3, -0.25) is 0 Å². The first-order valence-corrected chi connectivity index (χ1v) is 8.56. The lowest BCUT2D eigenvalue weighted by Gasteiger charge is -2.16. The lowest BCUT2D eigenvalue weighted by Crippen LogP contribution is -2.10. The van der Waals surface area contributed by atoms with Gasteiger partial charge in [0.15, 0.2) is 0 Å². The molecular formula is C17H17Br2F. The van der Waals surface area contributed by atoms with Gasteiger partial charge in [0.2, 0.25) is 0 Å². The minimum absolute atomic E-state index is 0.189. The Morgan fingerprint density at radius 2 is 1.85 bits per heavy atom. The van der Waals surface area contributed by atoms with Crippen molar-refractivity contribution in [1.82, 2.24) is 0 Å². The smallest absolute Gasteiger partial charge is 0.137 e. The van der Waals surface area contributed by atoms with Crippen molar-refractivity contribution in [2.24, 2.45) is 5.92 Å². The van der Waals surface area contributed by atoms with E-state index in [-0.39, 0.29) is 5.82 Å². The Morgan fingerprint density at radius 1 is 1.10 bits per heavy atom. The minimum Gasteiger partial charge on any atom is -0.206 e. The molecule has 0 amide bonds. The van der Waals surface area contributed by atoms with Crippen molar-refractivity contribution in [3.05, 3.63) is 69.4 Å². The molecule has 106 valence electrons. The molecule has 0 aliphatic carbocycles. The summed E-state index contributed by atoms with van der Waals surface area (Å²) in [6.45, 7) is 2.11. The summed E-state index contributed by atoms with van der Waals surface area (Å²) in [5.41, 5.74) is 3.65. The van der Waals surface area contributed by atoms with Gasteiger partial charge in [0.25, 0.3) is 0 Å². The SMILES string of the molecule is Cc1cccc(CC(CBr)Cc2cccc(F)c2Br)c1. The molecule has 3 heteroatoms. The molecule has 0 radical (unpaired) electrons. The second-order valence-electron chi connectivity index (χ2n) is 5.13. The molecule has 0 heterocycles. The standard InChI is InChI=1S/C17H17Br2F/c1-12-4-2-5-13(8-12)9-14(11-18)10-15-6-3-7-16(20)17(15)19/h2-8,14H,9-11H2,1H3. The summed E-state index contributed by atoms with van der Waals surface area (Å²) in [6, 6.07) is 13.8. The van der Waals surface area contributed by atoms with Crippen molar-refractivity contribution in [3.8, 4) is 0 Å². The zero-order valence-corrected chi connectivity index (χ0v) is 14.5. The lowest BCUT2D eigenvalue weighted by molar-refractivity contribution is 0.578. The number of rotatable bonds is 5. The van der Waals surface area contributed by atoms with Crippen LogP contribution in [0, 0.1) is 18.7 Å². The molecule has 2 aromatic carbocycles. The van der Waals surface area contributed by atoms with Gasteiger partial charge in [0.1, 0.15) is 5.82 Å². The first-order valence-electron chi connectivity index (χ1n) is 6.64. The highest BCUT2D eigenvalue weighted by atomic mass is 79.9. The van der Waals surface area contributed by atoms with E-state index in [1.165, 1.54) is 17.2 Å². The van der Waals surface area contributed by atoms with Gasteiger partial charge in [-0.25, -0.2) is 4.39 Å². The Balaban J connectivity index is 2.11. The molecule has 0 aliphatic heterocycles. The zero-order chi connectivity index (χ0) is 14.5. The maximum absolute atomic E-state index is 13.6. The fourth-order valence-electron chi connectivity index (χ4n) is 2.37. The molecule has 20 heavy (non-hydrogen) atoms. The van der Waals surface area contributed by atoms with E-state index in [0.717, 1.165) is 23.7 Å². The molecule has 0 fully saturated rings. The first-order chi connectivity index (χ1) is 9.60. The van der Waals surface area contributed by atoms with Crippen LogP contribution >= 0.6 is 31.9 Å². The van der Waals surface area contributed by atoms with Gasteiger partial charge in [-0.15, -0.1) is 0 Å². The summed E-state index contributed by atoms with van der Waals surface area (Å²) in [5.74, 6) is 0.265. The Labute approximate surface area is 136 Å². The van der Waals surface area contributed by atoms with E-state index in [1.807, 2.05) is 6.07 Å². The third-order valence-corrected chi connectivity index (χ3v) is 5.17. The first kappa shape index (κ1) is 15.7. The number of halogens is 3. The fourth-order valence-corrected chi connectivity index (χ4v) is 3.25. The third kappa shape index (κ3) is 4.16. The van der Waals surface area contributed by atoms with Crippen LogP contribution in [-0.2, 0) is 12.8 Å². The molecule has 0 saturated heterocycles. The van der Waals surface area contributed by atoms with Crippen LogP contribution in [0.4, 0.5) is 4.39 Å². The van der Waals surface area contributed by atoms with Crippen molar-refractivity contribution in [1.29, 1.82) is 0 Å².